The molecule has 0 aromatic heterocycles. The summed E-state index contributed by atoms with van der Waals surface area (Å²) in [5.74, 6) is -20.0. The summed E-state index contributed by atoms with van der Waals surface area (Å²) in [5, 5.41) is 1.60. The van der Waals surface area contributed by atoms with E-state index >= 15 is 52.7 Å². The van der Waals surface area contributed by atoms with Gasteiger partial charge in [-0.1, -0.05) is 357 Å². The molecule has 16 aromatic rings. The van der Waals surface area contributed by atoms with Crippen LogP contribution in [0.3, 0.4) is 0 Å². The first kappa shape index (κ1) is 108. The molecule has 0 bridgehead atoms. The van der Waals surface area contributed by atoms with E-state index in [4.69, 9.17) is 0 Å². The van der Waals surface area contributed by atoms with Crippen LogP contribution in [0.5, 0.6) is 0 Å². The van der Waals surface area contributed by atoms with Gasteiger partial charge in [-0.3, -0.25) is 0 Å². The smallest absolute Gasteiger partial charge is 0.194 e. The minimum Gasteiger partial charge on any atom is -0.309 e. The van der Waals surface area contributed by atoms with Gasteiger partial charge in [-0.15, -0.1) is 0 Å². The lowest BCUT2D eigenvalue weighted by molar-refractivity contribution is 0.447. The maximum absolute atomic E-state index is 17.6. The fourth-order valence-corrected chi connectivity index (χ4v) is 21.2. The van der Waals surface area contributed by atoms with Crippen molar-refractivity contribution in [3.05, 3.63) is 369 Å². The monoisotopic (exact) mass is 2010 g/mol. The molecule has 0 radical (unpaired) electrons. The first-order valence-corrected chi connectivity index (χ1v) is 54.0. The normalized spacial score (nSPS) is 11.8. The predicted molar refractivity (Wildman–Crippen MR) is 595 cm³/mol. The van der Waals surface area contributed by atoms with E-state index in [1.165, 1.54) is 0 Å². The van der Waals surface area contributed by atoms with Crippen molar-refractivity contribution in [2.45, 2.75) is 287 Å². The van der Waals surface area contributed by atoms with Gasteiger partial charge in [-0.25, -0.2) is 52.7 Å². The van der Waals surface area contributed by atoms with Crippen LogP contribution in [0.15, 0.2) is 255 Å². The van der Waals surface area contributed by atoms with Crippen molar-refractivity contribution in [2.75, 3.05) is 19.6 Å². The summed E-state index contributed by atoms with van der Waals surface area (Å²) in [7, 11) is 0. The van der Waals surface area contributed by atoms with Crippen molar-refractivity contribution in [3.63, 3.8) is 0 Å². The largest absolute Gasteiger partial charge is 0.309 e. The highest BCUT2D eigenvalue weighted by molar-refractivity contribution is 6.33. The van der Waals surface area contributed by atoms with Crippen LogP contribution in [-0.2, 0) is 25.7 Å². The van der Waals surface area contributed by atoms with Gasteiger partial charge >= 0.3 is 0 Å². The van der Waals surface area contributed by atoms with Crippen LogP contribution in [0.2, 0.25) is 0 Å². The lowest BCUT2D eigenvalue weighted by atomic mass is 9.87. The molecule has 4 nitrogen and oxygen atoms in total. The Morgan fingerprint density at radius 1 is 0.182 bits per heavy atom. The van der Waals surface area contributed by atoms with Gasteiger partial charge in [-0.2, -0.15) is 0 Å². The van der Waals surface area contributed by atoms with Gasteiger partial charge in [0.25, 0.3) is 0 Å². The molecule has 0 aliphatic carbocycles. The Labute approximate surface area is 867 Å². The van der Waals surface area contributed by atoms with E-state index in [0.717, 1.165) is 273 Å². The zero-order valence-corrected chi connectivity index (χ0v) is 87.7. The molecule has 0 heterocycles. The molecule has 0 unspecified atom stereocenters. The van der Waals surface area contributed by atoms with Crippen molar-refractivity contribution < 1.29 is 52.7 Å². The maximum Gasteiger partial charge on any atom is 0.194 e. The minimum absolute atomic E-state index is 0.0945. The van der Waals surface area contributed by atoms with Gasteiger partial charge in [0.05, 0.1) is 68.2 Å². The molecular weight excluding hydrogens is 1870 g/mol. The van der Waals surface area contributed by atoms with Gasteiger partial charge in [0.2, 0.25) is 0 Å². The van der Waals surface area contributed by atoms with E-state index in [0.29, 0.717) is 67.3 Å². The summed E-state index contributed by atoms with van der Waals surface area (Å²) in [4.78, 5) is 6.55. The maximum atomic E-state index is 17.6. The van der Waals surface area contributed by atoms with Gasteiger partial charge < -0.3 is 19.6 Å². The van der Waals surface area contributed by atoms with Crippen molar-refractivity contribution in [2.24, 2.45) is 0 Å². The van der Waals surface area contributed by atoms with Crippen molar-refractivity contribution in [1.29, 1.82) is 0 Å². The number of aryl methyl sites for hydroxylation is 4. The average molecular weight is 2010 g/mol. The summed E-state index contributed by atoms with van der Waals surface area (Å²) in [6.45, 7) is 25.1. The van der Waals surface area contributed by atoms with Crippen LogP contribution >= 0.6 is 0 Å². The predicted octanol–water partition coefficient (Wildman–Crippen LogP) is 42.9. The van der Waals surface area contributed by atoms with Gasteiger partial charge in [0.15, 0.2) is 69.8 Å². The number of anilines is 12. The molecule has 770 valence electrons. The van der Waals surface area contributed by atoms with Crippen LogP contribution in [0.25, 0.3) is 76.8 Å². The molecule has 0 N–H and O–H groups in total. The van der Waals surface area contributed by atoms with Crippen LogP contribution in [-0.4, -0.2) is 0 Å². The Morgan fingerprint density at radius 2 is 0.358 bits per heavy atom. The van der Waals surface area contributed by atoms with E-state index in [2.05, 4.69) is 76.2 Å². The zero-order chi connectivity index (χ0) is 105. The van der Waals surface area contributed by atoms with Crippen molar-refractivity contribution in [1.82, 2.24) is 0 Å². The molecule has 0 aliphatic rings. The summed E-state index contributed by atoms with van der Waals surface area (Å²) in [6, 6.07) is 73.7. The van der Waals surface area contributed by atoms with Crippen LogP contribution in [0.1, 0.15) is 305 Å². The van der Waals surface area contributed by atoms with Gasteiger partial charge in [0.1, 0.15) is 0 Å². The Morgan fingerprint density at radius 3 is 0.534 bits per heavy atom. The van der Waals surface area contributed by atoms with Crippen LogP contribution in [0, 0.1) is 69.8 Å². The number of benzene rings is 16. The topological polar surface area (TPSA) is 13.0 Å². The molecule has 0 atom stereocenters. The summed E-state index contributed by atoms with van der Waals surface area (Å²) >= 11 is 0. The summed E-state index contributed by atoms with van der Waals surface area (Å²) in [6.07, 6.45) is 29.0. The van der Waals surface area contributed by atoms with Crippen LogP contribution in [0.4, 0.5) is 121 Å². The second-order valence-corrected chi connectivity index (χ2v) is 41.7. The highest BCUT2D eigenvalue weighted by Crippen LogP contribution is 2.59. The van der Waals surface area contributed by atoms with Crippen molar-refractivity contribution in [3.8, 4) is 44.5 Å². The van der Waals surface area contributed by atoms with E-state index < -0.39 is 69.8 Å². The van der Waals surface area contributed by atoms with Crippen LogP contribution < -0.4 is 19.6 Å². The van der Waals surface area contributed by atoms with Gasteiger partial charge in [-0.05, 0) is 202 Å². The molecule has 0 amide bonds. The third-order valence-electron chi connectivity index (χ3n) is 29.7. The number of unbranched alkanes of at least 4 members (excludes halogenated alkanes) is 20. The highest BCUT2D eigenvalue weighted by Gasteiger charge is 2.36. The Bertz CT molecular complexity index is 6330. The zero-order valence-electron chi connectivity index (χ0n) is 87.7. The molecule has 148 heavy (non-hydrogen) atoms. The van der Waals surface area contributed by atoms with E-state index in [1.807, 2.05) is 177 Å². The molecule has 0 fully saturated rings. The SMILES string of the molecule is CCCCCCCCc1ccc(-c2cc(C(C)C)ccc2N(c2cc(F)c(F)c(F)c2)c2cc(N(c3cc(F)c(F)c(F)c3)c3ccc(C(C)C)cc3-c3ccc(CCCCCCCC)cc3)c3ccc4c(N(c5cc(F)c(F)c(F)c5)c5ccc(C(C)C)cc5-c5ccc(CCCCCCCC)cc5)cc(N(c5cc(F)c(F)c(F)c5)c5ccc(C(C)C)cc5-c5ccc(CCCCCCCC)cc5)c5ccc2c3c54)cc1. The fourth-order valence-electron chi connectivity index (χ4n) is 21.2. The standard InChI is InChI=1S/C132H138F12N4/c1-13-17-21-25-29-33-37-87-41-49-91(50-42-87)107-69-95(83(5)6)57-65-119(107)145(99-73-111(133)129(141)112(134)74-99)123-81-124(146(100-75-113(135)130(142)114(136)76-100)120-66-58-96(84(7)8)70-108(120)92-51-43-88(44-52-92)38-34-30-26-22-18-14-2)104-63-64-106-126(148(102-79-117(139)132(144)118(140)80-102)122-68-60-98(86(11)12)72-110(122)94-55-47-90(48-56-94)40-36-32-28-24-20-16-4)82-125(105-62-61-103(123)127(104)128(105)106)147(101-77-115(137)131(143)116(138)78-101)121-67-59-97(85(9)10)71-109(121)93-53-45-89(46-54-93)39-35-31-27-23-19-15-3/h41-86H,13-40H2,1-12H3. The molecule has 0 spiro atoms. The highest BCUT2D eigenvalue weighted by atomic mass is 19.2. The second kappa shape index (κ2) is 49.4. The summed E-state index contributed by atoms with van der Waals surface area (Å²) < 4.78 is 207. The molecule has 16 rings (SSSR count). The lowest BCUT2D eigenvalue weighted by Gasteiger charge is -2.36. The molecule has 16 heteroatoms. The van der Waals surface area contributed by atoms with Gasteiger partial charge in [0, 0.05) is 103 Å². The number of hydrogen-bond acceptors (Lipinski definition) is 4. The first-order chi connectivity index (χ1) is 71.5. The second-order valence-electron chi connectivity index (χ2n) is 41.7. The molecular formula is C132H138F12N4. The minimum atomic E-state index is -1.77. The number of halogens is 12. The number of rotatable bonds is 48. The van der Waals surface area contributed by atoms with E-state index in [-0.39, 0.29) is 101 Å². The third-order valence-corrected chi connectivity index (χ3v) is 29.7. The molecule has 16 aromatic carbocycles. The Hall–Kier alpha value is -13.1. The lowest BCUT2D eigenvalue weighted by Crippen LogP contribution is -2.18. The first-order valence-electron chi connectivity index (χ1n) is 54.0. The quantitative estimate of drug-likeness (QED) is 0.0163. The van der Waals surface area contributed by atoms with E-state index in [1.54, 1.807) is 56.0 Å². The van der Waals surface area contributed by atoms with E-state index in [9.17, 15) is 0 Å². The molecule has 0 aliphatic heterocycles. The third kappa shape index (κ3) is 24.2. The number of hydrogen-bond donors (Lipinski definition) is 0. The number of nitrogens with zero attached hydrogens (tertiary/aromatic N) is 4. The molecule has 0 saturated heterocycles. The summed E-state index contributed by atoms with van der Waals surface area (Å²) in [5.41, 5.74) is 13.2. The Balaban J connectivity index is 1.10. The van der Waals surface area contributed by atoms with Crippen molar-refractivity contribution >= 4 is 101 Å². The fraction of sp³-hybridized carbons (Fsp3) is 0.333. The molecule has 0 saturated carbocycles. The Kier molecular flexibility index (Phi) is 35.9. The average Bonchev–Trinajstić information content (AvgIpc) is 0.693.